The maximum atomic E-state index is 13.5. The molecule has 2 N–H and O–H groups in total. The zero-order valence-electron chi connectivity index (χ0n) is 9.87. The minimum Gasteiger partial charge on any atom is -0.379 e. The number of hydrogen-bond acceptors (Lipinski definition) is 3. The number of carbonyl (C=O) groups is 1. The third-order valence-electron chi connectivity index (χ3n) is 3.00. The number of carbonyl (C=O) groups excluding carboxylic acids is 1. The number of amides is 1. The lowest BCUT2D eigenvalue weighted by Gasteiger charge is -2.17. The monoisotopic (exact) mass is 272 g/mol. The van der Waals surface area contributed by atoms with Gasteiger partial charge in [-0.15, -0.1) is 0 Å². The normalized spacial score (nSPS) is 23.1. The topological polar surface area (TPSA) is 50.4 Å². The third kappa shape index (κ3) is 2.63. The molecule has 1 aliphatic heterocycles. The van der Waals surface area contributed by atoms with Crippen molar-refractivity contribution in [2.45, 2.75) is 6.04 Å². The first-order valence-corrected chi connectivity index (χ1v) is 6.01. The molecule has 18 heavy (non-hydrogen) atoms. The fourth-order valence-corrected chi connectivity index (χ4v) is 2.14. The SMILES string of the molecule is CNC1COCC1C(=O)Nc1c(F)cccc1Cl. The van der Waals surface area contributed by atoms with Gasteiger partial charge in [-0.05, 0) is 19.2 Å². The van der Waals surface area contributed by atoms with Gasteiger partial charge in [0, 0.05) is 6.04 Å². The molecule has 4 nitrogen and oxygen atoms in total. The molecule has 2 unspecified atom stereocenters. The van der Waals surface area contributed by atoms with E-state index in [-0.39, 0.29) is 28.6 Å². The highest BCUT2D eigenvalue weighted by molar-refractivity contribution is 6.33. The first kappa shape index (κ1) is 13.3. The van der Waals surface area contributed by atoms with E-state index in [2.05, 4.69) is 10.6 Å². The van der Waals surface area contributed by atoms with Crippen molar-refractivity contribution in [3.8, 4) is 0 Å². The van der Waals surface area contributed by atoms with E-state index < -0.39 is 5.82 Å². The number of benzene rings is 1. The maximum Gasteiger partial charge on any atom is 0.231 e. The van der Waals surface area contributed by atoms with Gasteiger partial charge in [-0.25, -0.2) is 4.39 Å². The molecule has 1 aliphatic rings. The Hall–Kier alpha value is -1.17. The fourth-order valence-electron chi connectivity index (χ4n) is 1.93. The van der Waals surface area contributed by atoms with Gasteiger partial charge in [0.2, 0.25) is 5.91 Å². The van der Waals surface area contributed by atoms with E-state index in [4.69, 9.17) is 16.3 Å². The molecule has 1 saturated heterocycles. The van der Waals surface area contributed by atoms with E-state index >= 15 is 0 Å². The lowest BCUT2D eigenvalue weighted by molar-refractivity contribution is -0.120. The fraction of sp³-hybridized carbons (Fsp3) is 0.417. The molecular weight excluding hydrogens is 259 g/mol. The Balaban J connectivity index is 2.12. The number of halogens is 2. The molecule has 1 aromatic carbocycles. The van der Waals surface area contributed by atoms with Gasteiger partial charge in [-0.1, -0.05) is 17.7 Å². The molecule has 98 valence electrons. The van der Waals surface area contributed by atoms with E-state index in [1.165, 1.54) is 18.2 Å². The molecule has 0 aliphatic carbocycles. The van der Waals surface area contributed by atoms with Crippen LogP contribution < -0.4 is 10.6 Å². The van der Waals surface area contributed by atoms with Crippen molar-refractivity contribution >= 4 is 23.2 Å². The first-order valence-electron chi connectivity index (χ1n) is 5.63. The zero-order chi connectivity index (χ0) is 13.1. The van der Waals surface area contributed by atoms with Crippen LogP contribution in [0.5, 0.6) is 0 Å². The van der Waals surface area contributed by atoms with Gasteiger partial charge in [-0.3, -0.25) is 4.79 Å². The Morgan fingerprint density at radius 1 is 1.50 bits per heavy atom. The lowest BCUT2D eigenvalue weighted by atomic mass is 10.0. The van der Waals surface area contributed by atoms with E-state index in [0.717, 1.165) is 0 Å². The van der Waals surface area contributed by atoms with Crippen LogP contribution in [-0.2, 0) is 9.53 Å². The van der Waals surface area contributed by atoms with Gasteiger partial charge < -0.3 is 15.4 Å². The molecule has 0 aromatic heterocycles. The Morgan fingerprint density at radius 3 is 2.94 bits per heavy atom. The minimum absolute atomic E-state index is 0.0194. The largest absolute Gasteiger partial charge is 0.379 e. The van der Waals surface area contributed by atoms with Crippen LogP contribution in [-0.4, -0.2) is 32.2 Å². The predicted octanol–water partition coefficient (Wildman–Crippen LogP) is 1.65. The molecule has 1 fully saturated rings. The minimum atomic E-state index is -0.546. The van der Waals surface area contributed by atoms with Crippen molar-refractivity contribution in [3.63, 3.8) is 0 Å². The molecule has 1 aromatic rings. The van der Waals surface area contributed by atoms with Crippen LogP contribution >= 0.6 is 11.6 Å². The summed E-state index contributed by atoms with van der Waals surface area (Å²) in [4.78, 5) is 12.0. The van der Waals surface area contributed by atoms with Crippen LogP contribution in [0.1, 0.15) is 0 Å². The van der Waals surface area contributed by atoms with Crippen molar-refractivity contribution in [2.24, 2.45) is 5.92 Å². The second-order valence-corrected chi connectivity index (χ2v) is 4.53. The molecule has 6 heteroatoms. The van der Waals surface area contributed by atoms with Crippen molar-refractivity contribution in [2.75, 3.05) is 25.6 Å². The molecular formula is C12H14ClFN2O2. The predicted molar refractivity (Wildman–Crippen MR) is 67.2 cm³/mol. The first-order chi connectivity index (χ1) is 8.63. The number of hydrogen-bond donors (Lipinski definition) is 2. The summed E-state index contributed by atoms with van der Waals surface area (Å²) >= 11 is 5.85. The van der Waals surface area contributed by atoms with Gasteiger partial charge in [-0.2, -0.15) is 0 Å². The van der Waals surface area contributed by atoms with Crippen LogP contribution in [0.3, 0.4) is 0 Å². The summed E-state index contributed by atoms with van der Waals surface area (Å²) in [5.41, 5.74) is 0.0194. The van der Waals surface area contributed by atoms with Crippen LogP contribution in [0, 0.1) is 11.7 Å². The number of likely N-dealkylation sites (N-methyl/N-ethyl adjacent to an activating group) is 1. The maximum absolute atomic E-state index is 13.5. The molecule has 1 heterocycles. The molecule has 0 saturated carbocycles. The highest BCUT2D eigenvalue weighted by atomic mass is 35.5. The second kappa shape index (κ2) is 5.65. The van der Waals surface area contributed by atoms with E-state index in [9.17, 15) is 9.18 Å². The van der Waals surface area contributed by atoms with Crippen LogP contribution in [0.25, 0.3) is 0 Å². The summed E-state index contributed by atoms with van der Waals surface area (Å²) in [5, 5.41) is 5.70. The molecule has 0 radical (unpaired) electrons. The molecule has 2 atom stereocenters. The Morgan fingerprint density at radius 2 is 2.28 bits per heavy atom. The molecule has 0 spiro atoms. The quantitative estimate of drug-likeness (QED) is 0.880. The summed E-state index contributed by atoms with van der Waals surface area (Å²) in [5.74, 6) is -1.18. The van der Waals surface area contributed by atoms with Crippen molar-refractivity contribution in [1.82, 2.24) is 5.32 Å². The number of para-hydroxylation sites is 1. The van der Waals surface area contributed by atoms with Crippen LogP contribution in [0.2, 0.25) is 5.02 Å². The van der Waals surface area contributed by atoms with Gasteiger partial charge in [0.15, 0.2) is 0 Å². The third-order valence-corrected chi connectivity index (χ3v) is 3.31. The molecule has 2 rings (SSSR count). The Kier molecular flexibility index (Phi) is 4.16. The lowest BCUT2D eigenvalue weighted by Crippen LogP contribution is -2.39. The standard InChI is InChI=1S/C12H14ClFN2O2/c1-15-10-6-18-5-7(10)12(17)16-11-8(13)3-2-4-9(11)14/h2-4,7,10,15H,5-6H2,1H3,(H,16,17). The van der Waals surface area contributed by atoms with E-state index in [1.54, 1.807) is 7.05 Å². The number of rotatable bonds is 3. The summed E-state index contributed by atoms with van der Waals surface area (Å²) in [7, 11) is 1.76. The van der Waals surface area contributed by atoms with Crippen molar-refractivity contribution in [1.29, 1.82) is 0 Å². The Bertz CT molecular complexity index is 435. The second-order valence-electron chi connectivity index (χ2n) is 4.13. The smallest absolute Gasteiger partial charge is 0.231 e. The van der Waals surface area contributed by atoms with Crippen molar-refractivity contribution < 1.29 is 13.9 Å². The van der Waals surface area contributed by atoms with E-state index in [1.807, 2.05) is 0 Å². The molecule has 1 amide bonds. The van der Waals surface area contributed by atoms with Gasteiger partial charge in [0.05, 0.1) is 29.8 Å². The number of nitrogens with one attached hydrogen (secondary N) is 2. The van der Waals surface area contributed by atoms with Gasteiger partial charge in [0.1, 0.15) is 5.82 Å². The average Bonchev–Trinajstić information content (AvgIpc) is 2.82. The van der Waals surface area contributed by atoms with Crippen LogP contribution in [0.4, 0.5) is 10.1 Å². The highest BCUT2D eigenvalue weighted by Crippen LogP contribution is 2.26. The summed E-state index contributed by atoms with van der Waals surface area (Å²) < 4.78 is 18.8. The van der Waals surface area contributed by atoms with Gasteiger partial charge in [0.25, 0.3) is 0 Å². The van der Waals surface area contributed by atoms with Crippen LogP contribution in [0.15, 0.2) is 18.2 Å². The molecule has 0 bridgehead atoms. The summed E-state index contributed by atoms with van der Waals surface area (Å²) in [6.45, 7) is 0.795. The number of ether oxygens (including phenoxy) is 1. The van der Waals surface area contributed by atoms with Gasteiger partial charge >= 0.3 is 0 Å². The summed E-state index contributed by atoms with van der Waals surface area (Å²) in [6, 6.07) is 4.21. The Labute approximate surface area is 109 Å². The highest BCUT2D eigenvalue weighted by Gasteiger charge is 2.33. The zero-order valence-corrected chi connectivity index (χ0v) is 10.6. The van der Waals surface area contributed by atoms with E-state index in [0.29, 0.717) is 13.2 Å². The number of anilines is 1. The summed E-state index contributed by atoms with van der Waals surface area (Å²) in [6.07, 6.45) is 0. The van der Waals surface area contributed by atoms with Crippen molar-refractivity contribution in [3.05, 3.63) is 29.0 Å². The average molecular weight is 273 g/mol.